The van der Waals surface area contributed by atoms with Gasteiger partial charge >= 0.3 is 0 Å². The molecule has 3 aromatic rings. The number of aromatic nitrogens is 2. The fourth-order valence-electron chi connectivity index (χ4n) is 2.90. The number of H-pyrrole nitrogens is 1. The van der Waals surface area contributed by atoms with E-state index in [0.29, 0.717) is 28.8 Å². The summed E-state index contributed by atoms with van der Waals surface area (Å²) in [5, 5.41) is 15.5. The van der Waals surface area contributed by atoms with Gasteiger partial charge in [0, 0.05) is 17.5 Å². The highest BCUT2D eigenvalue weighted by Crippen LogP contribution is 2.34. The van der Waals surface area contributed by atoms with E-state index in [1.54, 1.807) is 25.1 Å². The lowest BCUT2D eigenvalue weighted by Crippen LogP contribution is -2.13. The van der Waals surface area contributed by atoms with Crippen LogP contribution in [0.3, 0.4) is 0 Å². The van der Waals surface area contributed by atoms with Crippen molar-refractivity contribution in [2.24, 2.45) is 0 Å². The number of hydrogen-bond acceptors (Lipinski definition) is 4. The minimum Gasteiger partial charge on any atom is -0.455 e. The van der Waals surface area contributed by atoms with Gasteiger partial charge in [0.25, 0.3) is 5.56 Å². The molecule has 2 aromatic carbocycles. The monoisotopic (exact) mass is 388 g/mol. The van der Waals surface area contributed by atoms with Crippen LogP contribution in [0.2, 0.25) is 0 Å². The topological polar surface area (TPSA) is 83.1 Å². The maximum Gasteiger partial charge on any atom is 0.267 e. The first-order valence-electron chi connectivity index (χ1n) is 8.91. The summed E-state index contributed by atoms with van der Waals surface area (Å²) in [5.74, 6) is -0.266. The third-order valence-electron chi connectivity index (χ3n) is 4.42. The normalized spacial score (nSPS) is 10.2. The van der Waals surface area contributed by atoms with E-state index in [1.807, 2.05) is 13.0 Å². The Balaban J connectivity index is 2.01. The molecule has 0 unspecified atom stereocenters. The van der Waals surface area contributed by atoms with Gasteiger partial charge in [0.2, 0.25) is 0 Å². The van der Waals surface area contributed by atoms with E-state index < -0.39 is 5.82 Å². The van der Waals surface area contributed by atoms with Crippen molar-refractivity contribution in [3.05, 3.63) is 91.9 Å². The van der Waals surface area contributed by atoms with Crippen molar-refractivity contribution >= 4 is 5.69 Å². The summed E-state index contributed by atoms with van der Waals surface area (Å²) in [5.41, 5.74) is 2.25. The molecule has 1 heterocycles. The van der Waals surface area contributed by atoms with Gasteiger partial charge < -0.3 is 4.74 Å². The van der Waals surface area contributed by atoms with Crippen LogP contribution >= 0.6 is 0 Å². The van der Waals surface area contributed by atoms with Crippen molar-refractivity contribution in [1.29, 1.82) is 5.26 Å². The van der Waals surface area contributed by atoms with Gasteiger partial charge in [0.15, 0.2) is 17.3 Å². The summed E-state index contributed by atoms with van der Waals surface area (Å²) in [6.45, 7) is 10.7. The Morgan fingerprint density at radius 2 is 2.03 bits per heavy atom. The molecule has 3 rings (SSSR count). The Morgan fingerprint density at radius 1 is 1.28 bits per heavy atom. The minimum atomic E-state index is -0.540. The Hall–Kier alpha value is -3.97. The molecule has 0 aliphatic rings. The van der Waals surface area contributed by atoms with E-state index >= 15 is 4.39 Å². The predicted molar refractivity (Wildman–Crippen MR) is 106 cm³/mol. The maximum atomic E-state index is 15.3. The molecule has 1 N–H and O–H groups in total. The highest BCUT2D eigenvalue weighted by molar-refractivity contribution is 5.56. The zero-order chi connectivity index (χ0) is 21.0. The standard InChI is InChI=1S/C22H17FN4O2/c1-4-15-5-6-16(10-18-7-13(2)22(28)27-26-18)20(23)21(15)29-19-9-14(12-24)8-17(11-19)25-3/h5-9,11H,4,10H2,1-2H3,(H,27,28). The maximum absolute atomic E-state index is 15.3. The third-order valence-corrected chi connectivity index (χ3v) is 4.42. The summed E-state index contributed by atoms with van der Waals surface area (Å²) < 4.78 is 21.1. The van der Waals surface area contributed by atoms with E-state index in [4.69, 9.17) is 16.6 Å². The first-order valence-corrected chi connectivity index (χ1v) is 8.91. The quantitative estimate of drug-likeness (QED) is 0.648. The lowest BCUT2D eigenvalue weighted by atomic mass is 10.0. The van der Waals surface area contributed by atoms with Crippen LogP contribution in [-0.4, -0.2) is 10.2 Å². The van der Waals surface area contributed by atoms with Gasteiger partial charge in [0.1, 0.15) is 5.75 Å². The molecule has 144 valence electrons. The first-order chi connectivity index (χ1) is 13.9. The van der Waals surface area contributed by atoms with E-state index in [9.17, 15) is 4.79 Å². The number of nitrogens with zero attached hydrogens (tertiary/aromatic N) is 3. The SMILES string of the molecule is [C-]#[N+]c1cc(C#N)cc(Oc2c(CC)ccc(Cc3cc(C)c(=O)[nH]n3)c2F)c1. The number of hydrogen-bond donors (Lipinski definition) is 1. The predicted octanol–water partition coefficient (Wildman–Crippen LogP) is 4.59. The lowest BCUT2D eigenvalue weighted by Gasteiger charge is -2.14. The van der Waals surface area contributed by atoms with E-state index in [1.165, 1.54) is 18.2 Å². The van der Waals surface area contributed by atoms with Crippen molar-refractivity contribution in [2.75, 3.05) is 0 Å². The van der Waals surface area contributed by atoms with Crippen LogP contribution in [0.15, 0.2) is 41.2 Å². The Morgan fingerprint density at radius 3 is 2.69 bits per heavy atom. The molecule has 0 saturated carbocycles. The molecule has 0 fully saturated rings. The fraction of sp³-hybridized carbons (Fsp3) is 0.182. The number of halogens is 1. The van der Waals surface area contributed by atoms with Crippen LogP contribution < -0.4 is 10.3 Å². The molecule has 0 amide bonds. The van der Waals surface area contributed by atoms with Crippen molar-refractivity contribution in [3.63, 3.8) is 0 Å². The van der Waals surface area contributed by atoms with Crippen molar-refractivity contribution < 1.29 is 9.13 Å². The average Bonchev–Trinajstić information content (AvgIpc) is 2.73. The molecule has 7 heteroatoms. The molecule has 0 atom stereocenters. The largest absolute Gasteiger partial charge is 0.455 e. The van der Waals surface area contributed by atoms with Gasteiger partial charge in [-0.3, -0.25) is 4.79 Å². The zero-order valence-electron chi connectivity index (χ0n) is 15.9. The molecule has 0 spiro atoms. The minimum absolute atomic E-state index is 0.0529. The zero-order valence-corrected chi connectivity index (χ0v) is 15.9. The second-order valence-corrected chi connectivity index (χ2v) is 6.47. The second kappa shape index (κ2) is 8.37. The van der Waals surface area contributed by atoms with E-state index in [-0.39, 0.29) is 34.7 Å². The second-order valence-electron chi connectivity index (χ2n) is 6.47. The smallest absolute Gasteiger partial charge is 0.267 e. The van der Waals surface area contributed by atoms with Gasteiger partial charge in [-0.25, -0.2) is 14.3 Å². The average molecular weight is 388 g/mol. The number of rotatable bonds is 5. The number of ether oxygens (including phenoxy) is 1. The van der Waals surface area contributed by atoms with Crippen LogP contribution in [0, 0.1) is 30.6 Å². The molecule has 0 aliphatic heterocycles. The molecular formula is C22H17FN4O2. The molecule has 0 aliphatic carbocycles. The molecule has 0 radical (unpaired) electrons. The van der Waals surface area contributed by atoms with Crippen molar-refractivity contribution in [2.45, 2.75) is 26.7 Å². The van der Waals surface area contributed by atoms with Crippen LogP contribution in [0.1, 0.15) is 34.9 Å². The Bertz CT molecular complexity index is 1190. The van der Waals surface area contributed by atoms with Crippen LogP contribution in [0.4, 0.5) is 10.1 Å². The number of nitrogens with one attached hydrogen (secondary N) is 1. The number of aryl methyl sites for hydroxylation is 2. The van der Waals surface area contributed by atoms with Crippen LogP contribution in [-0.2, 0) is 12.8 Å². The summed E-state index contributed by atoms with van der Waals surface area (Å²) in [6, 6.07) is 11.4. The number of nitriles is 1. The van der Waals surface area contributed by atoms with Crippen molar-refractivity contribution in [1.82, 2.24) is 10.2 Å². The summed E-state index contributed by atoms with van der Waals surface area (Å²) in [6.07, 6.45) is 0.714. The molecule has 29 heavy (non-hydrogen) atoms. The van der Waals surface area contributed by atoms with E-state index in [0.717, 1.165) is 0 Å². The Kier molecular flexibility index (Phi) is 5.71. The summed E-state index contributed by atoms with van der Waals surface area (Å²) in [4.78, 5) is 14.8. The lowest BCUT2D eigenvalue weighted by molar-refractivity contribution is 0.433. The highest BCUT2D eigenvalue weighted by atomic mass is 19.1. The van der Waals surface area contributed by atoms with Crippen LogP contribution in [0.25, 0.3) is 4.85 Å². The molecular weight excluding hydrogens is 371 g/mol. The van der Waals surface area contributed by atoms with Gasteiger partial charge in [-0.15, -0.1) is 0 Å². The molecule has 6 nitrogen and oxygen atoms in total. The van der Waals surface area contributed by atoms with Crippen LogP contribution in [0.5, 0.6) is 11.5 Å². The van der Waals surface area contributed by atoms with Gasteiger partial charge in [-0.2, -0.15) is 10.4 Å². The van der Waals surface area contributed by atoms with Gasteiger partial charge in [0.05, 0.1) is 18.3 Å². The third kappa shape index (κ3) is 4.31. The van der Waals surface area contributed by atoms with E-state index in [2.05, 4.69) is 15.0 Å². The first kappa shape index (κ1) is 19.8. The van der Waals surface area contributed by atoms with Crippen molar-refractivity contribution in [3.8, 4) is 17.6 Å². The molecule has 1 aromatic heterocycles. The summed E-state index contributed by atoms with van der Waals surface area (Å²) >= 11 is 0. The van der Waals surface area contributed by atoms with Gasteiger partial charge in [-0.1, -0.05) is 19.1 Å². The summed E-state index contributed by atoms with van der Waals surface area (Å²) in [7, 11) is 0. The fourth-order valence-corrected chi connectivity index (χ4v) is 2.90. The number of benzene rings is 2. The number of aromatic amines is 1. The van der Waals surface area contributed by atoms with Gasteiger partial charge in [-0.05, 0) is 48.7 Å². The Labute approximate surface area is 167 Å². The highest BCUT2D eigenvalue weighted by Gasteiger charge is 2.17. The molecule has 0 bridgehead atoms. The molecule has 0 saturated heterocycles.